The molecule has 0 radical (unpaired) electrons. The Bertz CT molecular complexity index is 953. The van der Waals surface area contributed by atoms with Gasteiger partial charge < -0.3 is 10.2 Å². The van der Waals surface area contributed by atoms with Crippen molar-refractivity contribution >= 4 is 28.4 Å². The summed E-state index contributed by atoms with van der Waals surface area (Å²) in [5.41, 5.74) is 2.92. The molecule has 1 aromatic heterocycles. The van der Waals surface area contributed by atoms with E-state index in [1.54, 1.807) is 29.2 Å². The number of fused-ring (bicyclic) bond motifs is 1. The quantitative estimate of drug-likeness (QED) is 0.762. The van der Waals surface area contributed by atoms with Crippen LogP contribution >= 0.6 is 0 Å². The Morgan fingerprint density at radius 3 is 2.62 bits per heavy atom. The number of para-hydroxylation sites is 1. The van der Waals surface area contributed by atoms with E-state index in [4.69, 9.17) is 0 Å². The fraction of sp³-hybridized carbons (Fsp3) is 0.190. The maximum Gasteiger partial charge on any atom is 0.254 e. The van der Waals surface area contributed by atoms with Crippen molar-refractivity contribution in [3.63, 3.8) is 0 Å². The van der Waals surface area contributed by atoms with Crippen LogP contribution < -0.4 is 5.32 Å². The topological polar surface area (TPSA) is 62.3 Å². The minimum Gasteiger partial charge on any atom is -0.333 e. The average Bonchev–Trinajstić information content (AvgIpc) is 2.65. The summed E-state index contributed by atoms with van der Waals surface area (Å²) >= 11 is 0. The van der Waals surface area contributed by atoms with Gasteiger partial charge in [-0.05, 0) is 37.3 Å². The van der Waals surface area contributed by atoms with Gasteiger partial charge in [-0.25, -0.2) is 0 Å². The monoisotopic (exact) mass is 347 g/mol. The summed E-state index contributed by atoms with van der Waals surface area (Å²) in [5, 5.41) is 3.78. The van der Waals surface area contributed by atoms with E-state index in [1.807, 2.05) is 43.3 Å². The number of aromatic nitrogens is 1. The highest BCUT2D eigenvalue weighted by atomic mass is 16.2. The van der Waals surface area contributed by atoms with Gasteiger partial charge in [-0.2, -0.15) is 0 Å². The zero-order chi connectivity index (χ0) is 18.5. The molecule has 0 spiro atoms. The van der Waals surface area contributed by atoms with Crippen LogP contribution in [-0.2, 0) is 11.3 Å². The van der Waals surface area contributed by atoms with Gasteiger partial charge in [-0.3, -0.25) is 14.6 Å². The number of carbonyl (C=O) groups is 2. The smallest absolute Gasteiger partial charge is 0.254 e. The molecule has 0 aliphatic rings. The SMILES string of the molecule is CCN(Cc1ccc2ccccc2n1)C(=O)c1cccc(NC(C)=O)c1. The number of benzene rings is 2. The van der Waals surface area contributed by atoms with Crippen molar-refractivity contribution in [2.45, 2.75) is 20.4 Å². The highest BCUT2D eigenvalue weighted by Crippen LogP contribution is 2.16. The van der Waals surface area contributed by atoms with Crippen molar-refractivity contribution in [2.75, 3.05) is 11.9 Å². The van der Waals surface area contributed by atoms with Gasteiger partial charge in [0.25, 0.3) is 5.91 Å². The first-order valence-electron chi connectivity index (χ1n) is 8.58. The van der Waals surface area contributed by atoms with Crippen molar-refractivity contribution in [1.82, 2.24) is 9.88 Å². The van der Waals surface area contributed by atoms with Crippen molar-refractivity contribution in [1.29, 1.82) is 0 Å². The van der Waals surface area contributed by atoms with E-state index < -0.39 is 0 Å². The number of rotatable bonds is 5. The van der Waals surface area contributed by atoms with E-state index in [0.717, 1.165) is 16.6 Å². The lowest BCUT2D eigenvalue weighted by molar-refractivity contribution is -0.114. The highest BCUT2D eigenvalue weighted by Gasteiger charge is 2.16. The molecule has 2 amide bonds. The molecule has 0 fully saturated rings. The number of anilines is 1. The second kappa shape index (κ2) is 7.78. The van der Waals surface area contributed by atoms with Gasteiger partial charge in [0, 0.05) is 30.1 Å². The molecule has 5 nitrogen and oxygen atoms in total. The Morgan fingerprint density at radius 2 is 1.85 bits per heavy atom. The molecule has 26 heavy (non-hydrogen) atoms. The first-order chi connectivity index (χ1) is 12.6. The molecule has 1 heterocycles. The molecular weight excluding hydrogens is 326 g/mol. The molecular formula is C21H21N3O2. The fourth-order valence-corrected chi connectivity index (χ4v) is 2.83. The van der Waals surface area contributed by atoms with E-state index >= 15 is 0 Å². The van der Waals surface area contributed by atoms with E-state index in [1.165, 1.54) is 6.92 Å². The third kappa shape index (κ3) is 4.06. The van der Waals surface area contributed by atoms with Crippen LogP contribution in [0.25, 0.3) is 10.9 Å². The molecule has 2 aromatic carbocycles. The standard InChI is InChI=1S/C21H21N3O2/c1-3-24(14-19-12-11-16-7-4-5-10-20(16)23-19)21(26)17-8-6-9-18(13-17)22-15(2)25/h4-13H,3,14H2,1-2H3,(H,22,25). The van der Waals surface area contributed by atoms with E-state index in [0.29, 0.717) is 24.3 Å². The largest absolute Gasteiger partial charge is 0.333 e. The summed E-state index contributed by atoms with van der Waals surface area (Å²) in [6.45, 7) is 4.39. The molecule has 0 aliphatic heterocycles. The van der Waals surface area contributed by atoms with Crippen LogP contribution in [0.1, 0.15) is 29.9 Å². The Kier molecular flexibility index (Phi) is 5.27. The lowest BCUT2D eigenvalue weighted by atomic mass is 10.1. The predicted octanol–water partition coefficient (Wildman–Crippen LogP) is 3.86. The summed E-state index contributed by atoms with van der Waals surface area (Å²) in [5.74, 6) is -0.253. The lowest BCUT2D eigenvalue weighted by Crippen LogP contribution is -2.30. The molecule has 3 aromatic rings. The molecule has 0 bridgehead atoms. The molecule has 132 valence electrons. The molecule has 5 heteroatoms. The minimum absolute atomic E-state index is 0.0883. The zero-order valence-electron chi connectivity index (χ0n) is 14.9. The molecule has 3 rings (SSSR count). The van der Waals surface area contributed by atoms with Crippen molar-refractivity contribution in [3.8, 4) is 0 Å². The normalized spacial score (nSPS) is 10.5. The number of pyridine rings is 1. The second-order valence-electron chi connectivity index (χ2n) is 6.08. The summed E-state index contributed by atoms with van der Waals surface area (Å²) in [7, 11) is 0. The van der Waals surface area contributed by atoms with Gasteiger partial charge in [0.05, 0.1) is 17.8 Å². The Balaban J connectivity index is 1.81. The van der Waals surface area contributed by atoms with Crippen LogP contribution in [0, 0.1) is 0 Å². The number of amides is 2. The van der Waals surface area contributed by atoms with Gasteiger partial charge in [-0.15, -0.1) is 0 Å². The van der Waals surface area contributed by atoms with Crippen LogP contribution in [0.15, 0.2) is 60.7 Å². The number of nitrogens with zero attached hydrogens (tertiary/aromatic N) is 2. The number of hydrogen-bond acceptors (Lipinski definition) is 3. The van der Waals surface area contributed by atoms with Crippen LogP contribution in [0.5, 0.6) is 0 Å². The first kappa shape index (κ1) is 17.6. The fourth-order valence-electron chi connectivity index (χ4n) is 2.83. The Hall–Kier alpha value is -3.21. The predicted molar refractivity (Wildman–Crippen MR) is 103 cm³/mol. The van der Waals surface area contributed by atoms with Gasteiger partial charge >= 0.3 is 0 Å². The first-order valence-corrected chi connectivity index (χ1v) is 8.58. The molecule has 1 N–H and O–H groups in total. The summed E-state index contributed by atoms with van der Waals surface area (Å²) in [6.07, 6.45) is 0. The summed E-state index contributed by atoms with van der Waals surface area (Å²) in [4.78, 5) is 30.5. The molecule has 0 unspecified atom stereocenters. The van der Waals surface area contributed by atoms with Crippen molar-refractivity contribution in [3.05, 3.63) is 71.9 Å². The van der Waals surface area contributed by atoms with E-state index in [9.17, 15) is 9.59 Å². The van der Waals surface area contributed by atoms with Gasteiger partial charge in [0.2, 0.25) is 5.91 Å². The van der Waals surface area contributed by atoms with Gasteiger partial charge in [-0.1, -0.05) is 30.3 Å². The van der Waals surface area contributed by atoms with Crippen LogP contribution in [-0.4, -0.2) is 28.2 Å². The molecule has 0 saturated heterocycles. The Morgan fingerprint density at radius 1 is 1.04 bits per heavy atom. The lowest BCUT2D eigenvalue weighted by Gasteiger charge is -2.21. The molecule has 0 atom stereocenters. The number of nitrogens with one attached hydrogen (secondary N) is 1. The Labute approximate surface area is 152 Å². The van der Waals surface area contributed by atoms with Gasteiger partial charge in [0.1, 0.15) is 0 Å². The molecule has 0 aliphatic carbocycles. The van der Waals surface area contributed by atoms with Crippen LogP contribution in [0.2, 0.25) is 0 Å². The summed E-state index contributed by atoms with van der Waals surface area (Å²) in [6, 6.07) is 18.9. The summed E-state index contributed by atoms with van der Waals surface area (Å²) < 4.78 is 0. The van der Waals surface area contributed by atoms with Crippen LogP contribution in [0.4, 0.5) is 5.69 Å². The third-order valence-corrected chi connectivity index (χ3v) is 4.11. The maximum atomic E-state index is 12.9. The average molecular weight is 347 g/mol. The molecule has 0 saturated carbocycles. The zero-order valence-corrected chi connectivity index (χ0v) is 14.9. The third-order valence-electron chi connectivity index (χ3n) is 4.11. The maximum absolute atomic E-state index is 12.9. The van der Waals surface area contributed by atoms with Gasteiger partial charge in [0.15, 0.2) is 0 Å². The number of hydrogen-bond donors (Lipinski definition) is 1. The number of carbonyl (C=O) groups excluding carboxylic acids is 2. The van der Waals surface area contributed by atoms with E-state index in [2.05, 4.69) is 10.3 Å². The van der Waals surface area contributed by atoms with Crippen molar-refractivity contribution < 1.29 is 9.59 Å². The van der Waals surface area contributed by atoms with E-state index in [-0.39, 0.29) is 11.8 Å². The minimum atomic E-state index is -0.165. The van der Waals surface area contributed by atoms with Crippen molar-refractivity contribution in [2.24, 2.45) is 0 Å². The van der Waals surface area contributed by atoms with Crippen LogP contribution in [0.3, 0.4) is 0 Å². The highest BCUT2D eigenvalue weighted by molar-refractivity contribution is 5.96. The second-order valence-corrected chi connectivity index (χ2v) is 6.08.